The minimum absolute atomic E-state index is 0.107. The molecule has 2 heterocycles. The highest BCUT2D eigenvalue weighted by Crippen LogP contribution is 2.47. The zero-order valence-electron chi connectivity index (χ0n) is 11.4. The maximum Gasteiger partial charge on any atom is 0.166 e. The van der Waals surface area contributed by atoms with Crippen LogP contribution in [0.1, 0.15) is 30.0 Å². The third kappa shape index (κ3) is 1.93. The van der Waals surface area contributed by atoms with Gasteiger partial charge in [-0.3, -0.25) is 0 Å². The molecule has 0 radical (unpaired) electrons. The van der Waals surface area contributed by atoms with Crippen molar-refractivity contribution in [2.75, 3.05) is 32.1 Å². The summed E-state index contributed by atoms with van der Waals surface area (Å²) in [5, 5.41) is 21.4. The first kappa shape index (κ1) is 12.6. The summed E-state index contributed by atoms with van der Waals surface area (Å²) in [6.07, 6.45) is 2.63. The Balaban J connectivity index is 2.21. The van der Waals surface area contributed by atoms with Gasteiger partial charge in [-0.2, -0.15) is 5.06 Å². The second-order valence-corrected chi connectivity index (χ2v) is 5.39. The molecule has 2 N–H and O–H groups in total. The molecule has 0 aliphatic carbocycles. The first-order valence-corrected chi connectivity index (χ1v) is 6.74. The Morgan fingerprint density at radius 1 is 1.47 bits per heavy atom. The van der Waals surface area contributed by atoms with Gasteiger partial charge in [0.15, 0.2) is 11.5 Å². The number of hydrogen-bond acceptors (Lipinski definition) is 5. The van der Waals surface area contributed by atoms with Crippen molar-refractivity contribution in [2.24, 2.45) is 0 Å². The molecule has 0 fully saturated rings. The van der Waals surface area contributed by atoms with Gasteiger partial charge in [0.25, 0.3) is 0 Å². The van der Waals surface area contributed by atoms with Gasteiger partial charge < -0.3 is 20.0 Å². The number of hydroxylamine groups is 2. The summed E-state index contributed by atoms with van der Waals surface area (Å²) in [4.78, 5) is 2.13. The number of phenols is 1. The Labute approximate surface area is 113 Å². The number of nitrogens with zero attached hydrogens (tertiary/aromatic N) is 2. The Hall–Kier alpha value is -1.46. The van der Waals surface area contributed by atoms with E-state index in [2.05, 4.69) is 4.90 Å². The van der Waals surface area contributed by atoms with Crippen LogP contribution in [0.5, 0.6) is 11.5 Å². The molecule has 1 aromatic carbocycles. The van der Waals surface area contributed by atoms with Crippen molar-refractivity contribution in [3.63, 3.8) is 0 Å². The molecule has 5 heteroatoms. The summed E-state index contributed by atoms with van der Waals surface area (Å²) < 4.78 is 5.71. The summed E-state index contributed by atoms with van der Waals surface area (Å²) in [7, 11) is 3.68. The van der Waals surface area contributed by atoms with Crippen molar-refractivity contribution < 1.29 is 15.1 Å². The van der Waals surface area contributed by atoms with Gasteiger partial charge in [0.05, 0.1) is 12.6 Å². The second kappa shape index (κ2) is 4.58. The Kier molecular flexibility index (Phi) is 3.03. The highest BCUT2D eigenvalue weighted by atomic mass is 16.5. The van der Waals surface area contributed by atoms with Crippen molar-refractivity contribution >= 4 is 5.69 Å². The summed E-state index contributed by atoms with van der Waals surface area (Å²) in [5.41, 5.74) is 3.21. The minimum atomic E-state index is -0.107. The van der Waals surface area contributed by atoms with Gasteiger partial charge in [-0.05, 0) is 24.8 Å². The fraction of sp³-hybridized carbons (Fsp3) is 0.571. The van der Waals surface area contributed by atoms with Gasteiger partial charge in [0.2, 0.25) is 0 Å². The quantitative estimate of drug-likeness (QED) is 0.759. The first-order valence-electron chi connectivity index (χ1n) is 6.74. The molecule has 3 rings (SSSR count). The van der Waals surface area contributed by atoms with Gasteiger partial charge in [0, 0.05) is 38.0 Å². The molecule has 19 heavy (non-hydrogen) atoms. The maximum absolute atomic E-state index is 10.2. The topological polar surface area (TPSA) is 56.2 Å². The van der Waals surface area contributed by atoms with Gasteiger partial charge >= 0.3 is 0 Å². The first-order chi connectivity index (χ1) is 9.09. The zero-order chi connectivity index (χ0) is 13.6. The van der Waals surface area contributed by atoms with E-state index in [1.807, 2.05) is 7.05 Å². The van der Waals surface area contributed by atoms with E-state index < -0.39 is 0 Å². The van der Waals surface area contributed by atoms with Crippen molar-refractivity contribution in [1.29, 1.82) is 0 Å². The molecule has 0 bridgehead atoms. The Bertz CT molecular complexity index is 502. The van der Waals surface area contributed by atoms with E-state index in [0.717, 1.165) is 37.1 Å². The van der Waals surface area contributed by atoms with Gasteiger partial charge in [-0.25, -0.2) is 0 Å². The maximum atomic E-state index is 10.2. The monoisotopic (exact) mass is 264 g/mol. The molecular formula is C14H20N2O3. The average Bonchev–Trinajstić information content (AvgIpc) is 2.63. The van der Waals surface area contributed by atoms with Crippen molar-refractivity contribution in [3.05, 3.63) is 17.2 Å². The van der Waals surface area contributed by atoms with Crippen LogP contribution in [0.2, 0.25) is 0 Å². The Morgan fingerprint density at radius 3 is 3.00 bits per heavy atom. The predicted octanol–water partition coefficient (Wildman–Crippen LogP) is 1.92. The SMILES string of the molecule is CN1CCc2c1cc(O)c1c2C(N(C)O)CCCO1. The van der Waals surface area contributed by atoms with E-state index in [-0.39, 0.29) is 11.8 Å². The summed E-state index contributed by atoms with van der Waals surface area (Å²) >= 11 is 0. The third-order valence-electron chi connectivity index (χ3n) is 4.15. The van der Waals surface area contributed by atoms with Crippen LogP contribution >= 0.6 is 0 Å². The molecule has 0 saturated carbocycles. The molecule has 1 unspecified atom stereocenters. The predicted molar refractivity (Wildman–Crippen MR) is 72.1 cm³/mol. The van der Waals surface area contributed by atoms with E-state index >= 15 is 0 Å². The lowest BCUT2D eigenvalue weighted by Gasteiger charge is -2.25. The molecule has 104 valence electrons. The number of rotatable bonds is 1. The number of hydrogen-bond donors (Lipinski definition) is 2. The molecule has 1 atom stereocenters. The van der Waals surface area contributed by atoms with Gasteiger partial charge in [-0.1, -0.05) is 0 Å². The number of fused-ring (bicyclic) bond motifs is 3. The standard InChI is InChI=1S/C14H20N2O3/c1-15-6-5-9-11(15)8-12(17)14-13(9)10(16(2)18)4-3-7-19-14/h8,10,17-18H,3-7H2,1-2H3. The van der Waals surface area contributed by atoms with E-state index in [4.69, 9.17) is 4.74 Å². The van der Waals surface area contributed by atoms with Crippen LogP contribution in [0.15, 0.2) is 6.07 Å². The van der Waals surface area contributed by atoms with E-state index in [9.17, 15) is 10.3 Å². The van der Waals surface area contributed by atoms with Crippen LogP contribution in [0, 0.1) is 0 Å². The fourth-order valence-corrected chi connectivity index (χ4v) is 3.17. The van der Waals surface area contributed by atoms with E-state index in [1.165, 1.54) is 10.6 Å². The molecule has 0 saturated heterocycles. The van der Waals surface area contributed by atoms with Crippen molar-refractivity contribution in [2.45, 2.75) is 25.3 Å². The van der Waals surface area contributed by atoms with E-state index in [0.29, 0.717) is 12.4 Å². The molecule has 2 aliphatic rings. The van der Waals surface area contributed by atoms with E-state index in [1.54, 1.807) is 13.1 Å². The third-order valence-corrected chi connectivity index (χ3v) is 4.15. The van der Waals surface area contributed by atoms with Crippen LogP contribution in [0.3, 0.4) is 0 Å². The lowest BCUT2D eigenvalue weighted by Crippen LogP contribution is -2.21. The highest BCUT2D eigenvalue weighted by molar-refractivity contribution is 5.69. The van der Waals surface area contributed by atoms with Crippen molar-refractivity contribution in [1.82, 2.24) is 5.06 Å². The largest absolute Gasteiger partial charge is 0.504 e. The summed E-state index contributed by atoms with van der Waals surface area (Å²) in [6, 6.07) is 1.67. The molecule has 5 nitrogen and oxygen atoms in total. The summed E-state index contributed by atoms with van der Waals surface area (Å²) in [6.45, 7) is 1.52. The average molecular weight is 264 g/mol. The number of anilines is 1. The van der Waals surface area contributed by atoms with Crippen LogP contribution in [-0.2, 0) is 6.42 Å². The number of benzene rings is 1. The second-order valence-electron chi connectivity index (χ2n) is 5.39. The Morgan fingerprint density at radius 2 is 2.26 bits per heavy atom. The number of aromatic hydroxyl groups is 1. The van der Waals surface area contributed by atoms with Crippen molar-refractivity contribution in [3.8, 4) is 11.5 Å². The lowest BCUT2D eigenvalue weighted by atomic mass is 9.94. The molecule has 0 amide bonds. The molecule has 0 aromatic heterocycles. The van der Waals surface area contributed by atoms with Crippen LogP contribution in [0.25, 0.3) is 0 Å². The summed E-state index contributed by atoms with van der Waals surface area (Å²) in [5.74, 6) is 0.730. The fourth-order valence-electron chi connectivity index (χ4n) is 3.17. The smallest absolute Gasteiger partial charge is 0.166 e. The van der Waals surface area contributed by atoms with Crippen LogP contribution < -0.4 is 9.64 Å². The molecular weight excluding hydrogens is 244 g/mol. The van der Waals surface area contributed by atoms with Gasteiger partial charge in [-0.15, -0.1) is 0 Å². The number of phenolic OH excluding ortho intramolecular Hbond substituents is 1. The number of likely N-dealkylation sites (N-methyl/N-ethyl adjacent to an activating group) is 1. The van der Waals surface area contributed by atoms with Crippen LogP contribution in [0.4, 0.5) is 5.69 Å². The molecule has 0 spiro atoms. The minimum Gasteiger partial charge on any atom is -0.504 e. The van der Waals surface area contributed by atoms with Crippen LogP contribution in [-0.4, -0.2) is 42.6 Å². The molecule has 2 aliphatic heterocycles. The van der Waals surface area contributed by atoms with Gasteiger partial charge in [0.1, 0.15) is 0 Å². The normalized spacial score (nSPS) is 21.9. The lowest BCUT2D eigenvalue weighted by molar-refractivity contribution is -0.106. The zero-order valence-corrected chi connectivity index (χ0v) is 11.4. The number of ether oxygens (including phenoxy) is 1. The molecule has 1 aromatic rings. The highest BCUT2D eigenvalue weighted by Gasteiger charge is 2.32.